The minimum absolute atomic E-state index is 0.654. The first-order valence-corrected chi connectivity index (χ1v) is 8.10. The van der Waals surface area contributed by atoms with Crippen molar-refractivity contribution in [1.82, 2.24) is 4.98 Å². The SMILES string of the molecule is Cc1ccc(C#N)c(N2CCN(c3cccc(Br)c3)CC2)n1. The molecule has 0 unspecified atom stereocenters. The third-order valence-electron chi connectivity index (χ3n) is 3.89. The molecule has 0 radical (unpaired) electrons. The lowest BCUT2D eigenvalue weighted by Gasteiger charge is -2.37. The highest BCUT2D eigenvalue weighted by Crippen LogP contribution is 2.24. The van der Waals surface area contributed by atoms with Gasteiger partial charge in [-0.05, 0) is 37.3 Å². The van der Waals surface area contributed by atoms with Crippen molar-refractivity contribution in [1.29, 1.82) is 5.26 Å². The van der Waals surface area contributed by atoms with Crippen LogP contribution in [0.15, 0.2) is 40.9 Å². The van der Waals surface area contributed by atoms with Gasteiger partial charge in [-0.25, -0.2) is 4.98 Å². The first-order chi connectivity index (χ1) is 10.7. The van der Waals surface area contributed by atoms with E-state index in [-0.39, 0.29) is 0 Å². The Kier molecular flexibility index (Phi) is 4.30. The van der Waals surface area contributed by atoms with Crippen molar-refractivity contribution in [3.63, 3.8) is 0 Å². The van der Waals surface area contributed by atoms with Crippen LogP contribution in [0.25, 0.3) is 0 Å². The van der Waals surface area contributed by atoms with Crippen LogP contribution in [-0.4, -0.2) is 31.2 Å². The van der Waals surface area contributed by atoms with E-state index in [1.54, 1.807) is 0 Å². The molecule has 1 aromatic carbocycles. The number of nitrogens with zero attached hydrogens (tertiary/aromatic N) is 4. The van der Waals surface area contributed by atoms with Crippen LogP contribution in [0.2, 0.25) is 0 Å². The number of anilines is 2. The van der Waals surface area contributed by atoms with Gasteiger partial charge in [0.2, 0.25) is 0 Å². The summed E-state index contributed by atoms with van der Waals surface area (Å²) in [5.41, 5.74) is 2.83. The topological polar surface area (TPSA) is 43.2 Å². The summed E-state index contributed by atoms with van der Waals surface area (Å²) >= 11 is 3.52. The molecular formula is C17H17BrN4. The van der Waals surface area contributed by atoms with Crippen LogP contribution >= 0.6 is 15.9 Å². The van der Waals surface area contributed by atoms with E-state index in [4.69, 9.17) is 0 Å². The molecule has 4 nitrogen and oxygen atoms in total. The van der Waals surface area contributed by atoms with Crippen LogP contribution in [0.5, 0.6) is 0 Å². The molecule has 1 fully saturated rings. The second kappa shape index (κ2) is 6.37. The van der Waals surface area contributed by atoms with Gasteiger partial charge in [0.1, 0.15) is 11.9 Å². The molecule has 0 bridgehead atoms. The smallest absolute Gasteiger partial charge is 0.146 e. The maximum absolute atomic E-state index is 9.27. The van der Waals surface area contributed by atoms with Crippen molar-refractivity contribution in [2.24, 2.45) is 0 Å². The Morgan fingerprint density at radius 1 is 1.09 bits per heavy atom. The summed E-state index contributed by atoms with van der Waals surface area (Å²) in [6.45, 7) is 5.56. The van der Waals surface area contributed by atoms with Gasteiger partial charge in [-0.15, -0.1) is 0 Å². The second-order valence-electron chi connectivity index (χ2n) is 5.39. The van der Waals surface area contributed by atoms with Crippen molar-refractivity contribution in [2.45, 2.75) is 6.92 Å². The first-order valence-electron chi connectivity index (χ1n) is 7.30. The highest BCUT2D eigenvalue weighted by atomic mass is 79.9. The molecule has 0 saturated carbocycles. The number of halogens is 1. The van der Waals surface area contributed by atoms with Crippen LogP contribution in [0.4, 0.5) is 11.5 Å². The number of aromatic nitrogens is 1. The lowest BCUT2D eigenvalue weighted by Crippen LogP contribution is -2.47. The zero-order valence-corrected chi connectivity index (χ0v) is 14.0. The van der Waals surface area contributed by atoms with E-state index in [9.17, 15) is 5.26 Å². The van der Waals surface area contributed by atoms with Gasteiger partial charge >= 0.3 is 0 Å². The van der Waals surface area contributed by atoms with Gasteiger partial charge < -0.3 is 9.80 Å². The van der Waals surface area contributed by atoms with Crippen LogP contribution in [0.3, 0.4) is 0 Å². The predicted molar refractivity (Wildman–Crippen MR) is 92.3 cm³/mol. The Morgan fingerprint density at radius 3 is 2.50 bits per heavy atom. The zero-order chi connectivity index (χ0) is 15.5. The summed E-state index contributed by atoms with van der Waals surface area (Å²) in [5.74, 6) is 0.816. The fourth-order valence-corrected chi connectivity index (χ4v) is 3.11. The number of hydrogen-bond donors (Lipinski definition) is 0. The average Bonchev–Trinajstić information content (AvgIpc) is 2.55. The maximum atomic E-state index is 9.27. The average molecular weight is 357 g/mol. The molecule has 0 atom stereocenters. The normalized spacial score (nSPS) is 14.8. The second-order valence-corrected chi connectivity index (χ2v) is 6.31. The van der Waals surface area contributed by atoms with Gasteiger partial charge in [0.25, 0.3) is 0 Å². The summed E-state index contributed by atoms with van der Waals surface area (Å²) < 4.78 is 1.10. The van der Waals surface area contributed by atoms with Crippen molar-refractivity contribution in [3.05, 3.63) is 52.1 Å². The van der Waals surface area contributed by atoms with Gasteiger partial charge in [-0.3, -0.25) is 0 Å². The maximum Gasteiger partial charge on any atom is 0.146 e. The summed E-state index contributed by atoms with van der Waals surface area (Å²) in [5, 5.41) is 9.27. The summed E-state index contributed by atoms with van der Waals surface area (Å²) in [4.78, 5) is 9.13. The van der Waals surface area contributed by atoms with E-state index in [1.165, 1.54) is 5.69 Å². The van der Waals surface area contributed by atoms with Crippen LogP contribution < -0.4 is 9.80 Å². The number of benzene rings is 1. The molecule has 0 spiro atoms. The Balaban J connectivity index is 1.75. The van der Waals surface area contributed by atoms with Crippen LogP contribution in [0, 0.1) is 18.3 Å². The number of nitriles is 1. The molecule has 2 aromatic rings. The monoisotopic (exact) mass is 356 g/mol. The van der Waals surface area contributed by atoms with Crippen molar-refractivity contribution in [3.8, 4) is 6.07 Å². The Hall–Kier alpha value is -2.06. The molecule has 0 N–H and O–H groups in total. The van der Waals surface area contributed by atoms with E-state index in [0.717, 1.165) is 42.2 Å². The van der Waals surface area contributed by atoms with Crippen LogP contribution in [0.1, 0.15) is 11.3 Å². The summed E-state index contributed by atoms with van der Waals surface area (Å²) in [6, 6.07) is 14.4. The largest absolute Gasteiger partial charge is 0.368 e. The molecule has 112 valence electrons. The molecule has 1 aliphatic rings. The van der Waals surface area contributed by atoms with Crippen molar-refractivity contribution < 1.29 is 0 Å². The molecule has 0 aliphatic carbocycles. The number of hydrogen-bond acceptors (Lipinski definition) is 4. The van der Waals surface area contributed by atoms with Gasteiger partial charge in [-0.2, -0.15) is 5.26 Å². The van der Waals surface area contributed by atoms with Crippen molar-refractivity contribution >= 4 is 27.4 Å². The number of pyridine rings is 1. The molecule has 3 rings (SSSR count). The third-order valence-corrected chi connectivity index (χ3v) is 4.38. The predicted octanol–water partition coefficient (Wildman–Crippen LogP) is 3.35. The summed E-state index contributed by atoms with van der Waals surface area (Å²) in [7, 11) is 0. The van der Waals surface area contributed by atoms with Gasteiger partial charge in [0.15, 0.2) is 0 Å². The highest BCUT2D eigenvalue weighted by molar-refractivity contribution is 9.10. The van der Waals surface area contributed by atoms with E-state index >= 15 is 0 Å². The van der Waals surface area contributed by atoms with Crippen LogP contribution in [-0.2, 0) is 0 Å². The molecule has 1 aliphatic heterocycles. The molecule has 0 amide bonds. The first kappa shape index (κ1) is 14.9. The fourth-order valence-electron chi connectivity index (χ4n) is 2.72. The quantitative estimate of drug-likeness (QED) is 0.827. The lowest BCUT2D eigenvalue weighted by molar-refractivity contribution is 0.646. The molecule has 1 saturated heterocycles. The number of rotatable bonds is 2. The van der Waals surface area contributed by atoms with E-state index in [1.807, 2.05) is 25.1 Å². The zero-order valence-electron chi connectivity index (χ0n) is 12.5. The minimum atomic E-state index is 0.654. The van der Waals surface area contributed by atoms with E-state index in [2.05, 4.69) is 55.0 Å². The van der Waals surface area contributed by atoms with Crippen molar-refractivity contribution in [2.75, 3.05) is 36.0 Å². The standard InChI is InChI=1S/C17H17BrN4/c1-13-5-6-14(12-19)17(20-13)22-9-7-21(8-10-22)16-4-2-3-15(18)11-16/h2-6,11H,7-10H2,1H3. The Labute approximate surface area is 139 Å². The Bertz CT molecular complexity index is 715. The highest BCUT2D eigenvalue weighted by Gasteiger charge is 2.20. The van der Waals surface area contributed by atoms with Gasteiger partial charge in [-0.1, -0.05) is 22.0 Å². The Morgan fingerprint density at radius 2 is 1.82 bits per heavy atom. The molecule has 1 aromatic heterocycles. The molecular weight excluding hydrogens is 340 g/mol. The van der Waals surface area contributed by atoms with Gasteiger partial charge in [0, 0.05) is 42.0 Å². The van der Waals surface area contributed by atoms with E-state index < -0.39 is 0 Å². The fraction of sp³-hybridized carbons (Fsp3) is 0.294. The summed E-state index contributed by atoms with van der Waals surface area (Å²) in [6.07, 6.45) is 0. The number of piperazine rings is 1. The lowest BCUT2D eigenvalue weighted by atomic mass is 10.2. The van der Waals surface area contributed by atoms with E-state index in [0.29, 0.717) is 5.56 Å². The molecule has 2 heterocycles. The third kappa shape index (κ3) is 3.07. The molecule has 5 heteroatoms. The number of aryl methyl sites for hydroxylation is 1. The molecule has 22 heavy (non-hydrogen) atoms. The van der Waals surface area contributed by atoms with Gasteiger partial charge in [0.05, 0.1) is 5.56 Å². The minimum Gasteiger partial charge on any atom is -0.368 e.